The fourth-order valence-corrected chi connectivity index (χ4v) is 4.41. The maximum absolute atomic E-state index is 12.1. The number of aliphatic imine (C=N–C) groups is 1. The van der Waals surface area contributed by atoms with E-state index in [0.717, 1.165) is 37.4 Å². The molecule has 136 valence electrons. The molecule has 0 bridgehead atoms. The van der Waals surface area contributed by atoms with Crippen LogP contribution in [0.15, 0.2) is 4.99 Å². The van der Waals surface area contributed by atoms with Gasteiger partial charge in [-0.1, -0.05) is 12.8 Å². The molecule has 0 aromatic heterocycles. The Balaban J connectivity index is 0.00000264. The number of hydrogen-bond donors (Lipinski definition) is 1. The first-order valence-electron chi connectivity index (χ1n) is 8.83. The summed E-state index contributed by atoms with van der Waals surface area (Å²) < 4.78 is 12.0. The predicted molar refractivity (Wildman–Crippen MR) is 111 cm³/mol. The average molecular weight is 455 g/mol. The zero-order valence-electron chi connectivity index (χ0n) is 15.1. The molecule has 1 saturated carbocycles. The van der Waals surface area contributed by atoms with Crippen LogP contribution in [0.5, 0.6) is 0 Å². The van der Waals surface area contributed by atoms with Crippen LogP contribution in [-0.4, -0.2) is 51.7 Å². The van der Waals surface area contributed by atoms with E-state index in [1.165, 1.54) is 25.7 Å². The van der Waals surface area contributed by atoms with Crippen LogP contribution in [0, 0.1) is 11.8 Å². The maximum Gasteiger partial charge on any atom is 0.193 e. The second-order valence-corrected chi connectivity index (χ2v) is 9.93. The molecule has 2 aliphatic rings. The minimum absolute atomic E-state index is 0. The van der Waals surface area contributed by atoms with Gasteiger partial charge in [-0.2, -0.15) is 0 Å². The van der Waals surface area contributed by atoms with E-state index < -0.39 is 10.8 Å². The summed E-state index contributed by atoms with van der Waals surface area (Å²) in [4.78, 5) is 7.18. The Bertz CT molecular complexity index is 409. The average Bonchev–Trinajstić information content (AvgIpc) is 2.88. The van der Waals surface area contributed by atoms with Crippen molar-refractivity contribution in [3.8, 4) is 0 Å². The zero-order valence-corrected chi connectivity index (χ0v) is 18.3. The molecule has 0 spiro atoms. The van der Waals surface area contributed by atoms with E-state index in [9.17, 15) is 4.21 Å². The van der Waals surface area contributed by atoms with Gasteiger partial charge in [0.2, 0.25) is 0 Å². The third-order valence-electron chi connectivity index (χ3n) is 4.83. The molecule has 0 radical (unpaired) electrons. The van der Waals surface area contributed by atoms with E-state index in [-0.39, 0.29) is 28.7 Å². The monoisotopic (exact) mass is 455 g/mol. The quantitative estimate of drug-likeness (QED) is 0.402. The van der Waals surface area contributed by atoms with Crippen LogP contribution in [0.4, 0.5) is 0 Å². The van der Waals surface area contributed by atoms with Gasteiger partial charge in [0.25, 0.3) is 0 Å². The summed E-state index contributed by atoms with van der Waals surface area (Å²) in [5.41, 5.74) is 0. The molecule has 0 amide bonds. The third kappa shape index (κ3) is 6.18. The van der Waals surface area contributed by atoms with Crippen LogP contribution in [0.1, 0.15) is 53.4 Å². The van der Waals surface area contributed by atoms with Gasteiger partial charge in [0, 0.05) is 40.9 Å². The highest BCUT2D eigenvalue weighted by molar-refractivity contribution is 14.0. The van der Waals surface area contributed by atoms with Gasteiger partial charge >= 0.3 is 0 Å². The minimum atomic E-state index is -0.820. The third-order valence-corrected chi connectivity index (χ3v) is 6.75. The lowest BCUT2D eigenvalue weighted by Crippen LogP contribution is -2.40. The SMILES string of the molecule is CCNC(=NCCS(=O)C(C)(C)C)N1CC2CCCCC2C1.I. The van der Waals surface area contributed by atoms with Crippen molar-refractivity contribution in [1.82, 2.24) is 10.2 Å². The molecule has 6 heteroatoms. The van der Waals surface area contributed by atoms with Crippen LogP contribution in [0.25, 0.3) is 0 Å². The van der Waals surface area contributed by atoms with Crippen molar-refractivity contribution < 1.29 is 4.21 Å². The van der Waals surface area contributed by atoms with E-state index in [2.05, 4.69) is 17.1 Å². The van der Waals surface area contributed by atoms with Gasteiger partial charge in [-0.05, 0) is 52.4 Å². The van der Waals surface area contributed by atoms with Gasteiger partial charge in [-0.15, -0.1) is 24.0 Å². The van der Waals surface area contributed by atoms with Gasteiger partial charge in [0.15, 0.2) is 5.96 Å². The summed E-state index contributed by atoms with van der Waals surface area (Å²) in [6.07, 6.45) is 5.56. The molecule has 0 aromatic rings. The van der Waals surface area contributed by atoms with E-state index in [0.29, 0.717) is 12.3 Å². The first-order valence-corrected chi connectivity index (χ1v) is 10.2. The second kappa shape index (κ2) is 9.59. The van der Waals surface area contributed by atoms with E-state index in [1.54, 1.807) is 0 Å². The molecule has 1 aliphatic carbocycles. The number of fused-ring (bicyclic) bond motifs is 1. The van der Waals surface area contributed by atoms with E-state index in [1.807, 2.05) is 20.8 Å². The molecule has 2 fully saturated rings. The van der Waals surface area contributed by atoms with Crippen LogP contribution in [0.2, 0.25) is 0 Å². The molecule has 1 aliphatic heterocycles. The van der Waals surface area contributed by atoms with Crippen molar-refractivity contribution in [3.63, 3.8) is 0 Å². The summed E-state index contributed by atoms with van der Waals surface area (Å²) in [6.45, 7) is 12.1. The number of hydrogen-bond acceptors (Lipinski definition) is 2. The molecule has 3 unspecified atom stereocenters. The fraction of sp³-hybridized carbons (Fsp3) is 0.941. The molecule has 2 rings (SSSR count). The van der Waals surface area contributed by atoms with E-state index >= 15 is 0 Å². The van der Waals surface area contributed by atoms with Crippen LogP contribution in [-0.2, 0) is 10.8 Å². The Morgan fingerprint density at radius 3 is 2.26 bits per heavy atom. The maximum atomic E-state index is 12.1. The molecular weight excluding hydrogens is 421 g/mol. The molecule has 1 N–H and O–H groups in total. The van der Waals surface area contributed by atoms with Crippen molar-refractivity contribution in [2.24, 2.45) is 16.8 Å². The Morgan fingerprint density at radius 2 is 1.78 bits per heavy atom. The topological polar surface area (TPSA) is 44.7 Å². The molecule has 4 nitrogen and oxygen atoms in total. The Labute approximate surface area is 161 Å². The number of guanidine groups is 1. The summed E-state index contributed by atoms with van der Waals surface area (Å²) in [5.74, 6) is 3.41. The van der Waals surface area contributed by atoms with Gasteiger partial charge in [-0.25, -0.2) is 0 Å². The smallest absolute Gasteiger partial charge is 0.193 e. The van der Waals surface area contributed by atoms with Gasteiger partial charge in [0.1, 0.15) is 0 Å². The highest BCUT2D eigenvalue weighted by Crippen LogP contribution is 2.35. The number of rotatable bonds is 4. The Morgan fingerprint density at radius 1 is 1.22 bits per heavy atom. The Kier molecular flexibility index (Phi) is 8.83. The molecule has 23 heavy (non-hydrogen) atoms. The normalized spacial score (nSPS) is 26.4. The number of nitrogens with zero attached hydrogens (tertiary/aromatic N) is 2. The molecule has 1 saturated heterocycles. The summed E-state index contributed by atoms with van der Waals surface area (Å²) in [6, 6.07) is 0. The highest BCUT2D eigenvalue weighted by atomic mass is 127. The van der Waals surface area contributed by atoms with Gasteiger partial charge in [0.05, 0.1) is 6.54 Å². The lowest BCUT2D eigenvalue weighted by atomic mass is 9.82. The van der Waals surface area contributed by atoms with Crippen molar-refractivity contribution in [2.75, 3.05) is 31.9 Å². The predicted octanol–water partition coefficient (Wildman–Crippen LogP) is 3.24. The molecular formula is C17H34IN3OS. The lowest BCUT2D eigenvalue weighted by molar-refractivity contribution is 0.299. The second-order valence-electron chi connectivity index (χ2n) is 7.61. The van der Waals surface area contributed by atoms with Crippen molar-refractivity contribution in [3.05, 3.63) is 0 Å². The van der Waals surface area contributed by atoms with Crippen molar-refractivity contribution in [2.45, 2.75) is 58.1 Å². The van der Waals surface area contributed by atoms with Crippen LogP contribution < -0.4 is 5.32 Å². The van der Waals surface area contributed by atoms with Gasteiger partial charge < -0.3 is 10.2 Å². The van der Waals surface area contributed by atoms with Crippen molar-refractivity contribution >= 4 is 40.7 Å². The van der Waals surface area contributed by atoms with Crippen molar-refractivity contribution in [1.29, 1.82) is 0 Å². The zero-order chi connectivity index (χ0) is 16.2. The lowest BCUT2D eigenvalue weighted by Gasteiger charge is -2.22. The number of nitrogens with one attached hydrogen (secondary N) is 1. The molecule has 0 aromatic carbocycles. The Hall–Kier alpha value is 0.150. The first kappa shape index (κ1) is 21.2. The fourth-order valence-electron chi connectivity index (χ4n) is 3.55. The number of halogens is 1. The summed E-state index contributed by atoms with van der Waals surface area (Å²) in [7, 11) is -0.820. The van der Waals surface area contributed by atoms with Crippen LogP contribution >= 0.6 is 24.0 Å². The highest BCUT2D eigenvalue weighted by Gasteiger charge is 2.35. The van der Waals surface area contributed by atoms with E-state index in [4.69, 9.17) is 4.99 Å². The first-order chi connectivity index (χ1) is 10.4. The molecule has 1 heterocycles. The summed E-state index contributed by atoms with van der Waals surface area (Å²) in [5, 5.41) is 3.42. The van der Waals surface area contributed by atoms with Crippen LogP contribution in [0.3, 0.4) is 0 Å². The minimum Gasteiger partial charge on any atom is -0.357 e. The summed E-state index contributed by atoms with van der Waals surface area (Å²) >= 11 is 0. The largest absolute Gasteiger partial charge is 0.357 e. The number of likely N-dealkylation sites (tertiary alicyclic amines) is 1. The standard InChI is InChI=1S/C17H33N3OS.HI/c1-5-18-16(19-10-11-22(21)17(2,3)4)20-12-14-8-6-7-9-15(14)13-20;/h14-15H,5-13H2,1-4H3,(H,18,19);1H. The molecule has 3 atom stereocenters. The van der Waals surface area contributed by atoms with Gasteiger partial charge in [-0.3, -0.25) is 9.20 Å².